The Bertz CT molecular complexity index is 209. The van der Waals surface area contributed by atoms with Gasteiger partial charge in [0.1, 0.15) is 0 Å². The molecule has 0 aliphatic rings. The second-order valence-electron chi connectivity index (χ2n) is 4.81. The number of unbranched alkanes of at least 4 members (excludes halogenated alkanes) is 7. The number of hydrogen-bond acceptors (Lipinski definition) is 2. The zero-order valence-corrected chi connectivity index (χ0v) is 12.2. The Hall–Kier alpha value is -0.790. The molecule has 0 atom stereocenters. The maximum atomic E-state index is 11.3. The lowest BCUT2D eigenvalue weighted by molar-refractivity contribution is -0.142. The second kappa shape index (κ2) is 14.3. The molecular formula is C16H30O2. The number of carbonyl (C=O) groups is 1. The van der Waals surface area contributed by atoms with Gasteiger partial charge in [-0.15, -0.1) is 0 Å². The molecule has 0 N–H and O–H groups in total. The number of rotatable bonds is 12. The molecule has 0 spiro atoms. The average molecular weight is 254 g/mol. The second-order valence-corrected chi connectivity index (χ2v) is 4.81. The van der Waals surface area contributed by atoms with Crippen molar-refractivity contribution in [2.75, 3.05) is 6.61 Å². The topological polar surface area (TPSA) is 26.3 Å². The minimum atomic E-state index is -0.0948. The summed E-state index contributed by atoms with van der Waals surface area (Å²) < 4.78 is 5.06. The number of ether oxygens (including phenoxy) is 1. The smallest absolute Gasteiger partial charge is 0.309 e. The maximum Gasteiger partial charge on any atom is 0.309 e. The highest BCUT2D eigenvalue weighted by molar-refractivity contribution is 5.71. The number of carbonyl (C=O) groups excluding carboxylic acids is 1. The molecule has 2 nitrogen and oxygen atoms in total. The Labute approximate surface area is 113 Å². The zero-order valence-electron chi connectivity index (χ0n) is 12.2. The van der Waals surface area contributed by atoms with E-state index in [9.17, 15) is 4.79 Å². The van der Waals surface area contributed by atoms with Gasteiger partial charge in [-0.3, -0.25) is 4.79 Å². The first-order valence-corrected chi connectivity index (χ1v) is 7.61. The van der Waals surface area contributed by atoms with Crippen molar-refractivity contribution >= 4 is 5.97 Å². The van der Waals surface area contributed by atoms with Gasteiger partial charge in [-0.1, -0.05) is 64.5 Å². The largest absolute Gasteiger partial charge is 0.465 e. The first-order chi connectivity index (χ1) is 8.81. The molecule has 0 rings (SSSR count). The van der Waals surface area contributed by atoms with Gasteiger partial charge >= 0.3 is 5.97 Å². The van der Waals surface area contributed by atoms with Crippen molar-refractivity contribution in [1.29, 1.82) is 0 Å². The Balaban J connectivity index is 3.24. The molecule has 0 bridgehead atoms. The minimum Gasteiger partial charge on any atom is -0.465 e. The summed E-state index contributed by atoms with van der Waals surface area (Å²) in [6.07, 6.45) is 15.5. The Morgan fingerprint density at radius 1 is 0.889 bits per heavy atom. The van der Waals surface area contributed by atoms with Crippen LogP contribution in [0.2, 0.25) is 0 Å². The lowest BCUT2D eigenvalue weighted by atomic mass is 10.1. The van der Waals surface area contributed by atoms with Gasteiger partial charge < -0.3 is 4.74 Å². The first-order valence-electron chi connectivity index (χ1n) is 7.61. The summed E-state index contributed by atoms with van der Waals surface area (Å²) in [6.45, 7) is 4.90. The molecule has 0 fully saturated rings. The van der Waals surface area contributed by atoms with Crippen molar-refractivity contribution in [1.82, 2.24) is 0 Å². The fourth-order valence-corrected chi connectivity index (χ4v) is 1.73. The van der Waals surface area contributed by atoms with E-state index in [1.807, 2.05) is 6.08 Å². The molecule has 0 unspecified atom stereocenters. The first kappa shape index (κ1) is 17.2. The van der Waals surface area contributed by atoms with Crippen molar-refractivity contribution in [2.24, 2.45) is 0 Å². The van der Waals surface area contributed by atoms with E-state index in [0.29, 0.717) is 13.0 Å². The van der Waals surface area contributed by atoms with Crippen LogP contribution in [0.25, 0.3) is 0 Å². The lowest BCUT2D eigenvalue weighted by Gasteiger charge is -2.00. The zero-order chi connectivity index (χ0) is 13.5. The van der Waals surface area contributed by atoms with E-state index in [0.717, 1.165) is 19.3 Å². The third-order valence-corrected chi connectivity index (χ3v) is 2.94. The fraction of sp³-hybridized carbons (Fsp3) is 0.812. The SMILES string of the molecule is CCCCCCCC/C=C\CC(=O)OCCCC. The molecule has 0 aromatic carbocycles. The van der Waals surface area contributed by atoms with Gasteiger partial charge in [0.25, 0.3) is 0 Å². The van der Waals surface area contributed by atoms with E-state index in [2.05, 4.69) is 19.9 Å². The van der Waals surface area contributed by atoms with Gasteiger partial charge in [-0.25, -0.2) is 0 Å². The van der Waals surface area contributed by atoms with E-state index in [1.54, 1.807) is 0 Å². The van der Waals surface area contributed by atoms with E-state index in [-0.39, 0.29) is 5.97 Å². The maximum absolute atomic E-state index is 11.3. The molecule has 0 heterocycles. The quantitative estimate of drug-likeness (QED) is 0.277. The molecule has 0 aromatic heterocycles. The third-order valence-electron chi connectivity index (χ3n) is 2.94. The molecule has 18 heavy (non-hydrogen) atoms. The van der Waals surface area contributed by atoms with Crippen LogP contribution in [0.15, 0.2) is 12.2 Å². The van der Waals surface area contributed by atoms with E-state index >= 15 is 0 Å². The highest BCUT2D eigenvalue weighted by atomic mass is 16.5. The number of hydrogen-bond donors (Lipinski definition) is 0. The predicted octanol–water partition coefficient (Wildman–Crippen LogP) is 5.03. The molecule has 0 aliphatic carbocycles. The van der Waals surface area contributed by atoms with Crippen LogP contribution in [-0.2, 0) is 9.53 Å². The van der Waals surface area contributed by atoms with Crippen LogP contribution in [0.1, 0.15) is 78.1 Å². The number of allylic oxidation sites excluding steroid dienone is 1. The molecule has 0 amide bonds. The van der Waals surface area contributed by atoms with Crippen molar-refractivity contribution < 1.29 is 9.53 Å². The Morgan fingerprint density at radius 3 is 2.28 bits per heavy atom. The summed E-state index contributed by atoms with van der Waals surface area (Å²) in [5.41, 5.74) is 0. The summed E-state index contributed by atoms with van der Waals surface area (Å²) in [4.78, 5) is 11.3. The molecular weight excluding hydrogens is 224 g/mol. The van der Waals surface area contributed by atoms with Crippen molar-refractivity contribution in [3.05, 3.63) is 12.2 Å². The highest BCUT2D eigenvalue weighted by Gasteiger charge is 1.97. The average Bonchev–Trinajstić information content (AvgIpc) is 2.37. The molecule has 106 valence electrons. The minimum absolute atomic E-state index is 0.0948. The summed E-state index contributed by atoms with van der Waals surface area (Å²) in [6, 6.07) is 0. The van der Waals surface area contributed by atoms with Gasteiger partial charge in [0, 0.05) is 0 Å². The highest BCUT2D eigenvalue weighted by Crippen LogP contribution is 2.07. The van der Waals surface area contributed by atoms with E-state index in [1.165, 1.54) is 38.5 Å². The van der Waals surface area contributed by atoms with Gasteiger partial charge in [0.15, 0.2) is 0 Å². The van der Waals surface area contributed by atoms with Crippen LogP contribution in [0, 0.1) is 0 Å². The molecule has 0 radical (unpaired) electrons. The summed E-state index contributed by atoms with van der Waals surface area (Å²) in [7, 11) is 0. The van der Waals surface area contributed by atoms with Gasteiger partial charge in [0.05, 0.1) is 13.0 Å². The molecule has 2 heteroatoms. The third kappa shape index (κ3) is 13.3. The van der Waals surface area contributed by atoms with Crippen molar-refractivity contribution in [3.8, 4) is 0 Å². The van der Waals surface area contributed by atoms with Crippen molar-refractivity contribution in [2.45, 2.75) is 78.1 Å². The summed E-state index contributed by atoms with van der Waals surface area (Å²) >= 11 is 0. The van der Waals surface area contributed by atoms with Crippen LogP contribution < -0.4 is 0 Å². The fourth-order valence-electron chi connectivity index (χ4n) is 1.73. The standard InChI is InChI=1S/C16H30O2/c1-3-5-7-8-9-10-11-12-13-14-16(17)18-15-6-4-2/h12-13H,3-11,14-15H2,1-2H3/b13-12-. The van der Waals surface area contributed by atoms with Crippen LogP contribution >= 0.6 is 0 Å². The van der Waals surface area contributed by atoms with Crippen LogP contribution in [0.4, 0.5) is 0 Å². The molecule has 0 saturated carbocycles. The molecule has 0 saturated heterocycles. The monoisotopic (exact) mass is 254 g/mol. The summed E-state index contributed by atoms with van der Waals surface area (Å²) in [5, 5.41) is 0. The van der Waals surface area contributed by atoms with Crippen molar-refractivity contribution in [3.63, 3.8) is 0 Å². The Kier molecular flexibility index (Phi) is 13.6. The van der Waals surface area contributed by atoms with Crippen LogP contribution in [-0.4, -0.2) is 12.6 Å². The summed E-state index contributed by atoms with van der Waals surface area (Å²) in [5.74, 6) is -0.0948. The van der Waals surface area contributed by atoms with Gasteiger partial charge in [-0.05, 0) is 19.3 Å². The van der Waals surface area contributed by atoms with E-state index < -0.39 is 0 Å². The van der Waals surface area contributed by atoms with E-state index in [4.69, 9.17) is 4.74 Å². The molecule has 0 aliphatic heterocycles. The van der Waals surface area contributed by atoms with Crippen LogP contribution in [0.5, 0.6) is 0 Å². The van der Waals surface area contributed by atoms with Gasteiger partial charge in [-0.2, -0.15) is 0 Å². The normalized spacial score (nSPS) is 11.0. The van der Waals surface area contributed by atoms with Crippen LogP contribution in [0.3, 0.4) is 0 Å². The molecule has 0 aromatic rings. The Morgan fingerprint density at radius 2 is 1.56 bits per heavy atom. The lowest BCUT2D eigenvalue weighted by Crippen LogP contribution is -2.03. The van der Waals surface area contributed by atoms with Gasteiger partial charge in [0.2, 0.25) is 0 Å². The predicted molar refractivity (Wildman–Crippen MR) is 77.6 cm³/mol. The number of esters is 1.